The maximum Gasteiger partial charge on any atom is 0.415 e. The van der Waals surface area contributed by atoms with Crippen LogP contribution in [0.3, 0.4) is 0 Å². The van der Waals surface area contributed by atoms with Crippen molar-refractivity contribution in [3.05, 3.63) is 114 Å². The second kappa shape index (κ2) is 24.0. The maximum absolute atomic E-state index is 13.6. The molecule has 4 saturated heterocycles. The van der Waals surface area contributed by atoms with Gasteiger partial charge < -0.3 is 57.9 Å². The van der Waals surface area contributed by atoms with Crippen molar-refractivity contribution in [2.45, 2.75) is 167 Å². The van der Waals surface area contributed by atoms with Gasteiger partial charge in [0.15, 0.2) is 11.2 Å². The number of carbonyl (C=O) groups is 4. The molecule has 2 aromatic carbocycles. The monoisotopic (exact) mass is 1210 g/mol. The Hall–Kier alpha value is -7.23. The topological polar surface area (TPSA) is 228 Å². The van der Waals surface area contributed by atoms with Crippen molar-refractivity contribution in [2.75, 3.05) is 52.4 Å². The van der Waals surface area contributed by atoms with E-state index in [1.807, 2.05) is 34.1 Å². The zero-order chi connectivity index (χ0) is 59.8. The number of amides is 2. The summed E-state index contributed by atoms with van der Waals surface area (Å²) in [6.07, 6.45) is 12.5. The van der Waals surface area contributed by atoms with Crippen LogP contribution in [0.1, 0.15) is 149 Å². The highest BCUT2D eigenvalue weighted by Crippen LogP contribution is 2.43. The zero-order valence-electron chi connectivity index (χ0n) is 50.1. The molecule has 4 fully saturated rings. The molecule has 8 aliphatic rings. The lowest BCUT2D eigenvalue weighted by molar-refractivity contribution is -0.172. The van der Waals surface area contributed by atoms with E-state index in [1.54, 1.807) is 47.2 Å². The molecule has 0 spiro atoms. The molecule has 8 aliphatic heterocycles. The number of fused-ring (bicyclic) bond motifs is 10. The predicted molar refractivity (Wildman–Crippen MR) is 327 cm³/mol. The van der Waals surface area contributed by atoms with Gasteiger partial charge in [0.05, 0.1) is 58.0 Å². The molecular formula is C66H77ClN8O12. The molecule has 0 aliphatic carbocycles. The van der Waals surface area contributed by atoms with Gasteiger partial charge in [0, 0.05) is 71.3 Å². The maximum atomic E-state index is 13.6. The summed E-state index contributed by atoms with van der Waals surface area (Å²) >= 11 is 0. The van der Waals surface area contributed by atoms with Crippen molar-refractivity contribution in [2.24, 2.45) is 0 Å². The van der Waals surface area contributed by atoms with Gasteiger partial charge in [-0.2, -0.15) is 0 Å². The van der Waals surface area contributed by atoms with Crippen LogP contribution in [-0.2, 0) is 69.4 Å². The van der Waals surface area contributed by atoms with Crippen LogP contribution in [0, 0.1) is 0 Å². The zero-order valence-corrected chi connectivity index (χ0v) is 50.9. The van der Waals surface area contributed by atoms with E-state index in [9.17, 15) is 39.0 Å². The molecule has 21 heteroatoms. The molecule has 2 atom stereocenters. The molecule has 0 bridgehead atoms. The largest absolute Gasteiger partial charge is 0.458 e. The van der Waals surface area contributed by atoms with Gasteiger partial charge in [0.25, 0.3) is 11.1 Å². The Bertz CT molecular complexity index is 3630. The number of nitrogens with zero attached hydrogens (tertiary/aromatic N) is 8. The number of aliphatic hydroxyl groups is 2. The third kappa shape index (κ3) is 10.5. The summed E-state index contributed by atoms with van der Waals surface area (Å²) < 4.78 is 25.4. The van der Waals surface area contributed by atoms with Gasteiger partial charge in [-0.1, -0.05) is 40.5 Å². The average molecular weight is 1210 g/mol. The Kier molecular flexibility index (Phi) is 16.6. The van der Waals surface area contributed by atoms with Crippen LogP contribution in [0.4, 0.5) is 9.59 Å². The van der Waals surface area contributed by atoms with Crippen molar-refractivity contribution in [1.29, 1.82) is 0 Å². The molecule has 6 aromatic rings. The number of ether oxygens (including phenoxy) is 4. The lowest BCUT2D eigenvalue weighted by Gasteiger charge is -2.39. The molecule has 460 valence electrons. The number of rotatable bonds is 8. The van der Waals surface area contributed by atoms with E-state index in [0.717, 1.165) is 69.7 Å². The highest BCUT2D eigenvalue weighted by molar-refractivity contribution is 5.92. The Labute approximate surface area is 510 Å². The number of esters is 2. The van der Waals surface area contributed by atoms with Crippen LogP contribution in [0.15, 0.2) is 58.1 Å². The molecule has 0 unspecified atom stereocenters. The van der Waals surface area contributed by atoms with Gasteiger partial charge in [0.1, 0.15) is 24.7 Å². The highest BCUT2D eigenvalue weighted by atomic mass is 35.5. The van der Waals surface area contributed by atoms with E-state index in [0.29, 0.717) is 121 Å². The first-order valence-corrected chi connectivity index (χ1v) is 31.3. The minimum absolute atomic E-state index is 0. The number of pyridine rings is 4. The predicted octanol–water partition coefficient (Wildman–Crippen LogP) is 8.60. The summed E-state index contributed by atoms with van der Waals surface area (Å²) in [5.74, 6) is -0.531. The number of carbonyl (C=O) groups excluding carboxylic acids is 4. The molecule has 14 rings (SSSR count). The van der Waals surface area contributed by atoms with Crippen LogP contribution >= 0.6 is 12.4 Å². The van der Waals surface area contributed by atoms with Crippen molar-refractivity contribution < 1.29 is 48.3 Å². The number of hydrogen-bond acceptors (Lipinski definition) is 16. The Balaban J connectivity index is 0.000000168. The fourth-order valence-corrected chi connectivity index (χ4v) is 14.9. The molecule has 87 heavy (non-hydrogen) atoms. The summed E-state index contributed by atoms with van der Waals surface area (Å²) in [5, 5.41) is 24.1. The summed E-state index contributed by atoms with van der Waals surface area (Å²) in [4.78, 5) is 97.1. The smallest absolute Gasteiger partial charge is 0.415 e. The molecule has 0 saturated carbocycles. The van der Waals surface area contributed by atoms with E-state index >= 15 is 0 Å². The first kappa shape index (κ1) is 60.1. The molecule has 2 N–H and O–H groups in total. The SMILES string of the molecule is CCc1c2c(nc3ccc(OC(=O)N4CCC(N5CCCCC5)CC4)cc13)-c1cc3c(c(=O)n1C2)COC(=O)[C@@]3(O)CC.CCc1c2c(nc3ccc(OC(=O)N4CCC(N5CCCCC5)CC4)cc13)-c1cc3c(c(=O)n1C2)COC(=O)[C@]3(O)CC.Cl. The van der Waals surface area contributed by atoms with Crippen LogP contribution in [0.25, 0.3) is 44.6 Å². The number of hydrogen-bond donors (Lipinski definition) is 2. The molecule has 12 heterocycles. The van der Waals surface area contributed by atoms with Crippen LogP contribution in [0.2, 0.25) is 0 Å². The molecule has 20 nitrogen and oxygen atoms in total. The third-order valence-electron chi connectivity index (χ3n) is 19.9. The Morgan fingerprint density at radius 1 is 0.540 bits per heavy atom. The fourth-order valence-electron chi connectivity index (χ4n) is 14.9. The quantitative estimate of drug-likeness (QED) is 0.136. The van der Waals surface area contributed by atoms with E-state index < -0.39 is 23.1 Å². The van der Waals surface area contributed by atoms with Crippen molar-refractivity contribution in [3.63, 3.8) is 0 Å². The van der Waals surface area contributed by atoms with Crippen molar-refractivity contribution >= 4 is 58.3 Å². The lowest BCUT2D eigenvalue weighted by Crippen LogP contribution is -2.48. The minimum Gasteiger partial charge on any atom is -0.458 e. The number of piperidine rings is 4. The number of benzene rings is 2. The summed E-state index contributed by atoms with van der Waals surface area (Å²) in [6, 6.07) is 15.5. The lowest BCUT2D eigenvalue weighted by atomic mass is 9.86. The number of aryl methyl sites for hydroxylation is 2. The first-order valence-electron chi connectivity index (χ1n) is 31.3. The van der Waals surface area contributed by atoms with Gasteiger partial charge in [-0.05, 0) is 163 Å². The van der Waals surface area contributed by atoms with Gasteiger partial charge in [-0.25, -0.2) is 29.1 Å². The Morgan fingerprint density at radius 2 is 0.920 bits per heavy atom. The van der Waals surface area contributed by atoms with Crippen LogP contribution < -0.4 is 20.6 Å². The molecule has 4 aromatic heterocycles. The second-order valence-corrected chi connectivity index (χ2v) is 24.5. The molecule has 0 radical (unpaired) electrons. The van der Waals surface area contributed by atoms with Gasteiger partial charge in [-0.15, -0.1) is 12.4 Å². The van der Waals surface area contributed by atoms with Crippen molar-refractivity contribution in [3.8, 4) is 34.3 Å². The standard InChI is InChI=1S/2C33H38N4O6.ClH/c2*1-3-22-23-16-21(43-32(40)36-14-10-20(11-15-36)35-12-6-5-7-13-35)8-9-27(23)34-29-24(22)18-37-28(29)17-26-25(30(37)38)19-42-31(39)33(26,41)4-2;/h2*8-9,16-17,20,41H,3-7,10-15,18-19H2,1-2H3;1H/t2*33-;/m10./s1. The van der Waals surface area contributed by atoms with E-state index in [2.05, 4.69) is 23.6 Å². The van der Waals surface area contributed by atoms with E-state index in [4.69, 9.17) is 28.9 Å². The average Bonchev–Trinajstić information content (AvgIpc) is 1.71. The van der Waals surface area contributed by atoms with E-state index in [-0.39, 0.29) is 61.8 Å². The number of likely N-dealkylation sites (tertiary alicyclic amines) is 4. The fraction of sp³-hybridized carbons (Fsp3) is 0.515. The summed E-state index contributed by atoms with van der Waals surface area (Å²) in [6.45, 7) is 15.3. The number of aromatic nitrogens is 4. The Morgan fingerprint density at radius 3 is 1.28 bits per heavy atom. The summed E-state index contributed by atoms with van der Waals surface area (Å²) in [7, 11) is 0. The molecular weight excluding hydrogens is 1130 g/mol. The van der Waals surface area contributed by atoms with Gasteiger partial charge in [-0.3, -0.25) is 9.59 Å². The van der Waals surface area contributed by atoms with E-state index in [1.165, 1.54) is 64.7 Å². The van der Waals surface area contributed by atoms with Crippen LogP contribution in [-0.4, -0.2) is 137 Å². The van der Waals surface area contributed by atoms with Gasteiger partial charge >= 0.3 is 24.1 Å². The molecule has 2 amide bonds. The summed E-state index contributed by atoms with van der Waals surface area (Å²) in [5.41, 5.74) is 4.77. The van der Waals surface area contributed by atoms with Crippen LogP contribution in [0.5, 0.6) is 11.5 Å². The van der Waals surface area contributed by atoms with Crippen molar-refractivity contribution in [1.82, 2.24) is 38.7 Å². The number of cyclic esters (lactones) is 2. The minimum atomic E-state index is -1.86. The normalized spacial score (nSPS) is 22.0. The first-order chi connectivity index (χ1) is 41.6. The number of halogens is 1. The highest BCUT2D eigenvalue weighted by Gasteiger charge is 2.47. The third-order valence-corrected chi connectivity index (χ3v) is 19.9. The second-order valence-electron chi connectivity index (χ2n) is 24.5. The van der Waals surface area contributed by atoms with Gasteiger partial charge in [0.2, 0.25) is 0 Å².